The highest BCUT2D eigenvalue weighted by Gasteiger charge is 2.50. The van der Waals surface area contributed by atoms with Crippen LogP contribution in [0, 0.1) is 5.41 Å². The van der Waals surface area contributed by atoms with Crippen molar-refractivity contribution in [1.29, 1.82) is 0 Å². The first-order valence-electron chi connectivity index (χ1n) is 7.50. The van der Waals surface area contributed by atoms with E-state index < -0.39 is 11.4 Å². The van der Waals surface area contributed by atoms with Crippen molar-refractivity contribution in [2.24, 2.45) is 5.41 Å². The molecule has 21 heavy (non-hydrogen) atoms. The quantitative estimate of drug-likeness (QED) is 0.759. The molecule has 3 heterocycles. The number of likely N-dealkylation sites (tertiary alicyclic amines) is 1. The van der Waals surface area contributed by atoms with Crippen LogP contribution in [0.5, 0.6) is 0 Å². The highest BCUT2D eigenvalue weighted by atomic mass is 16.4. The lowest BCUT2D eigenvalue weighted by atomic mass is 9.70. The molecule has 2 aliphatic rings. The maximum Gasteiger partial charge on any atom is 0.312 e. The van der Waals surface area contributed by atoms with Crippen LogP contribution in [0.3, 0.4) is 0 Å². The summed E-state index contributed by atoms with van der Waals surface area (Å²) in [5.74, 6) is -0.144. The Balaban J connectivity index is 1.77. The Kier molecular flexibility index (Phi) is 3.82. The monoisotopic (exact) mass is 290 g/mol. The fourth-order valence-electron chi connectivity index (χ4n) is 3.69. The maximum absolute atomic E-state index is 11.9. The van der Waals surface area contributed by atoms with Gasteiger partial charge in [-0.25, -0.2) is 4.98 Å². The first kappa shape index (κ1) is 14.3. The summed E-state index contributed by atoms with van der Waals surface area (Å²) in [7, 11) is 0. The van der Waals surface area contributed by atoms with E-state index in [0.29, 0.717) is 18.9 Å². The minimum Gasteiger partial charge on any atom is -0.481 e. The third kappa shape index (κ3) is 2.61. The smallest absolute Gasteiger partial charge is 0.312 e. The number of pyridine rings is 1. The van der Waals surface area contributed by atoms with Crippen molar-refractivity contribution in [3.05, 3.63) is 23.9 Å². The molecule has 2 aliphatic heterocycles. The van der Waals surface area contributed by atoms with Crippen LogP contribution in [0.4, 0.5) is 5.82 Å². The summed E-state index contributed by atoms with van der Waals surface area (Å²) in [5, 5.41) is 13.2. The lowest BCUT2D eigenvalue weighted by Gasteiger charge is -2.48. The number of nitrogens with one attached hydrogen (secondary N) is 1. The van der Waals surface area contributed by atoms with Gasteiger partial charge in [-0.2, -0.15) is 0 Å². The lowest BCUT2D eigenvalue weighted by Crippen LogP contribution is -2.62. The summed E-state index contributed by atoms with van der Waals surface area (Å²) in [6.07, 6.45) is 4.21. The zero-order valence-electron chi connectivity index (χ0n) is 12.1. The van der Waals surface area contributed by atoms with E-state index in [9.17, 15) is 9.90 Å². The molecule has 0 unspecified atom stereocenters. The molecule has 1 aromatic heterocycles. The number of carboxylic acids is 1. The number of fused-ring (bicyclic) bond motifs is 1. The van der Waals surface area contributed by atoms with Crippen LogP contribution >= 0.6 is 0 Å². The first-order valence-corrected chi connectivity index (χ1v) is 7.50. The van der Waals surface area contributed by atoms with E-state index in [1.807, 2.05) is 12.1 Å². The Morgan fingerprint density at radius 1 is 1.62 bits per heavy atom. The number of nitrogens with two attached hydrogens (primary N) is 1. The standard InChI is InChI=1S/C15H22N4O2/c16-13-11(3-1-6-18-13)9-19-8-4-12-15(10-19,14(20)21)5-2-7-17-12/h1,3,6,12,17H,2,4-5,7-10H2,(H2,16,18)(H,20,21)/t12-,15+/m0/s1. The molecule has 0 spiro atoms. The lowest BCUT2D eigenvalue weighted by molar-refractivity contribution is -0.157. The average Bonchev–Trinajstić information content (AvgIpc) is 2.49. The minimum absolute atomic E-state index is 0.0891. The van der Waals surface area contributed by atoms with Gasteiger partial charge in [0.1, 0.15) is 5.82 Å². The molecule has 0 radical (unpaired) electrons. The van der Waals surface area contributed by atoms with Gasteiger partial charge in [0, 0.05) is 37.4 Å². The van der Waals surface area contributed by atoms with E-state index in [2.05, 4.69) is 15.2 Å². The van der Waals surface area contributed by atoms with Crippen LogP contribution in [0.15, 0.2) is 18.3 Å². The molecule has 2 saturated heterocycles. The number of nitrogen functional groups attached to an aromatic ring is 1. The first-order chi connectivity index (χ1) is 10.1. The average molecular weight is 290 g/mol. The molecule has 2 atom stereocenters. The van der Waals surface area contributed by atoms with Crippen molar-refractivity contribution < 1.29 is 9.90 Å². The molecule has 2 fully saturated rings. The Hall–Kier alpha value is -1.66. The van der Waals surface area contributed by atoms with Gasteiger partial charge in [0.05, 0.1) is 5.41 Å². The van der Waals surface area contributed by atoms with E-state index in [1.165, 1.54) is 0 Å². The van der Waals surface area contributed by atoms with Gasteiger partial charge in [-0.05, 0) is 31.9 Å². The summed E-state index contributed by atoms with van der Waals surface area (Å²) in [5.41, 5.74) is 6.21. The van der Waals surface area contributed by atoms with Crippen molar-refractivity contribution in [2.75, 3.05) is 25.4 Å². The molecule has 0 amide bonds. The molecule has 4 N–H and O–H groups in total. The highest BCUT2D eigenvalue weighted by molar-refractivity contribution is 5.76. The number of anilines is 1. The van der Waals surface area contributed by atoms with E-state index in [4.69, 9.17) is 5.73 Å². The SMILES string of the molecule is Nc1ncccc1CN1CC[C@@H]2NCCC[C@@]2(C(=O)O)C1. The Labute approximate surface area is 124 Å². The molecule has 6 nitrogen and oxygen atoms in total. The normalized spacial score (nSPS) is 29.8. The summed E-state index contributed by atoms with van der Waals surface area (Å²) < 4.78 is 0. The van der Waals surface area contributed by atoms with Crippen LogP contribution < -0.4 is 11.1 Å². The van der Waals surface area contributed by atoms with E-state index in [1.54, 1.807) is 6.20 Å². The molecule has 6 heteroatoms. The number of nitrogens with zero attached hydrogens (tertiary/aromatic N) is 2. The van der Waals surface area contributed by atoms with Crippen LogP contribution in [0.1, 0.15) is 24.8 Å². The van der Waals surface area contributed by atoms with Gasteiger partial charge in [-0.15, -0.1) is 0 Å². The number of carboxylic acid groups (broad SMARTS) is 1. The van der Waals surface area contributed by atoms with Crippen molar-refractivity contribution in [1.82, 2.24) is 15.2 Å². The number of rotatable bonds is 3. The number of hydrogen-bond acceptors (Lipinski definition) is 5. The van der Waals surface area contributed by atoms with Crippen molar-refractivity contribution >= 4 is 11.8 Å². The Bertz CT molecular complexity index is 536. The van der Waals surface area contributed by atoms with Gasteiger partial charge in [-0.1, -0.05) is 6.07 Å². The van der Waals surface area contributed by atoms with E-state index >= 15 is 0 Å². The molecule has 0 bridgehead atoms. The fraction of sp³-hybridized carbons (Fsp3) is 0.600. The second-order valence-corrected chi connectivity index (χ2v) is 6.12. The predicted octanol–water partition coefficient (Wildman–Crippen LogP) is 0.692. The number of carbonyl (C=O) groups is 1. The molecular formula is C15H22N4O2. The van der Waals surface area contributed by atoms with Gasteiger partial charge in [-0.3, -0.25) is 9.69 Å². The molecule has 1 aromatic rings. The van der Waals surface area contributed by atoms with Crippen LogP contribution in [0.2, 0.25) is 0 Å². The zero-order chi connectivity index (χ0) is 14.9. The zero-order valence-corrected chi connectivity index (χ0v) is 12.1. The van der Waals surface area contributed by atoms with Gasteiger partial charge in [0.25, 0.3) is 0 Å². The number of piperidine rings is 2. The molecule has 0 saturated carbocycles. The molecule has 3 rings (SSSR count). The predicted molar refractivity (Wildman–Crippen MR) is 79.6 cm³/mol. The second-order valence-electron chi connectivity index (χ2n) is 6.12. The maximum atomic E-state index is 11.9. The van der Waals surface area contributed by atoms with E-state index in [0.717, 1.165) is 37.9 Å². The topological polar surface area (TPSA) is 91.5 Å². The Morgan fingerprint density at radius 3 is 3.24 bits per heavy atom. The third-order valence-electron chi connectivity index (χ3n) is 4.84. The third-order valence-corrected chi connectivity index (χ3v) is 4.84. The van der Waals surface area contributed by atoms with Crippen molar-refractivity contribution in [2.45, 2.75) is 31.8 Å². The van der Waals surface area contributed by atoms with Gasteiger partial charge >= 0.3 is 5.97 Å². The molecular weight excluding hydrogens is 268 g/mol. The summed E-state index contributed by atoms with van der Waals surface area (Å²) >= 11 is 0. The van der Waals surface area contributed by atoms with Crippen molar-refractivity contribution in [3.8, 4) is 0 Å². The summed E-state index contributed by atoms with van der Waals surface area (Å²) in [6.45, 7) is 3.06. The van der Waals surface area contributed by atoms with Gasteiger partial charge in [0.15, 0.2) is 0 Å². The van der Waals surface area contributed by atoms with Gasteiger partial charge in [0.2, 0.25) is 0 Å². The molecule has 0 aliphatic carbocycles. The second kappa shape index (κ2) is 5.61. The van der Waals surface area contributed by atoms with E-state index in [-0.39, 0.29) is 6.04 Å². The van der Waals surface area contributed by atoms with Crippen LogP contribution in [0.25, 0.3) is 0 Å². The molecule has 114 valence electrons. The number of aromatic nitrogens is 1. The van der Waals surface area contributed by atoms with Crippen molar-refractivity contribution in [3.63, 3.8) is 0 Å². The highest BCUT2D eigenvalue weighted by Crippen LogP contribution is 2.38. The van der Waals surface area contributed by atoms with Crippen LogP contribution in [-0.2, 0) is 11.3 Å². The van der Waals surface area contributed by atoms with Gasteiger partial charge < -0.3 is 16.2 Å². The summed E-state index contributed by atoms with van der Waals surface area (Å²) in [6, 6.07) is 3.92. The number of aliphatic carboxylic acids is 1. The van der Waals surface area contributed by atoms with Crippen LogP contribution in [-0.4, -0.2) is 46.6 Å². The fourth-order valence-corrected chi connectivity index (χ4v) is 3.69. The molecule has 0 aromatic carbocycles. The summed E-state index contributed by atoms with van der Waals surface area (Å²) in [4.78, 5) is 18.2. The number of hydrogen-bond donors (Lipinski definition) is 3. The largest absolute Gasteiger partial charge is 0.481 e. The Morgan fingerprint density at radius 2 is 2.48 bits per heavy atom. The minimum atomic E-state index is -0.677.